The fourth-order valence-electron chi connectivity index (χ4n) is 3.34. The van der Waals surface area contributed by atoms with Crippen LogP contribution < -0.4 is 10.1 Å². The van der Waals surface area contributed by atoms with Gasteiger partial charge in [0, 0.05) is 11.4 Å². The fourth-order valence-corrected chi connectivity index (χ4v) is 4.21. The van der Waals surface area contributed by atoms with Gasteiger partial charge >= 0.3 is 5.97 Å². The molecule has 1 fully saturated rings. The van der Waals surface area contributed by atoms with Gasteiger partial charge in [-0.3, -0.25) is 9.59 Å². The Morgan fingerprint density at radius 2 is 2.22 bits per heavy atom. The van der Waals surface area contributed by atoms with Crippen LogP contribution in [0.1, 0.15) is 34.1 Å². The molecule has 0 spiro atoms. The molecule has 7 nitrogen and oxygen atoms in total. The predicted octanol–water partition coefficient (Wildman–Crippen LogP) is 2.60. The van der Waals surface area contributed by atoms with E-state index < -0.39 is 5.97 Å². The van der Waals surface area contributed by atoms with Gasteiger partial charge in [-0.2, -0.15) is 0 Å². The molecule has 1 aromatic heterocycles. The third kappa shape index (κ3) is 3.66. The zero-order valence-corrected chi connectivity index (χ0v) is 15.3. The number of amides is 2. The average Bonchev–Trinajstić information content (AvgIpc) is 3.36. The summed E-state index contributed by atoms with van der Waals surface area (Å²) in [5.74, 6) is -0.624. The molecule has 0 aliphatic carbocycles. The third-order valence-corrected chi connectivity index (χ3v) is 5.60. The van der Waals surface area contributed by atoms with Gasteiger partial charge in [-0.1, -0.05) is 6.07 Å². The van der Waals surface area contributed by atoms with Crippen LogP contribution in [0.5, 0.6) is 5.75 Å². The molecule has 3 heterocycles. The number of thiophene rings is 1. The number of benzene rings is 1. The Bertz CT molecular complexity index is 880. The quantitative estimate of drug-likeness (QED) is 0.817. The lowest BCUT2D eigenvalue weighted by Gasteiger charge is -2.23. The number of ether oxygens (including phenoxy) is 2. The van der Waals surface area contributed by atoms with E-state index >= 15 is 0 Å². The molecular formula is C19H18N2O5S. The van der Waals surface area contributed by atoms with Gasteiger partial charge in [-0.05, 0) is 42.5 Å². The van der Waals surface area contributed by atoms with Crippen molar-refractivity contribution in [3.8, 4) is 5.75 Å². The minimum atomic E-state index is -0.599. The Balaban J connectivity index is 1.38. The van der Waals surface area contributed by atoms with Gasteiger partial charge in [0.1, 0.15) is 5.75 Å². The Morgan fingerprint density at radius 1 is 1.33 bits per heavy atom. The second-order valence-electron chi connectivity index (χ2n) is 6.38. The molecule has 1 aromatic carbocycles. The first-order valence-electron chi connectivity index (χ1n) is 8.68. The van der Waals surface area contributed by atoms with E-state index in [1.54, 1.807) is 22.3 Å². The van der Waals surface area contributed by atoms with Gasteiger partial charge in [-0.25, -0.2) is 4.79 Å². The maximum Gasteiger partial charge on any atom is 0.338 e. The molecular weight excluding hydrogens is 368 g/mol. The molecule has 27 heavy (non-hydrogen) atoms. The summed E-state index contributed by atoms with van der Waals surface area (Å²) in [6.07, 6.45) is 1.87. The summed E-state index contributed by atoms with van der Waals surface area (Å²) >= 11 is 1.63. The third-order valence-electron chi connectivity index (χ3n) is 4.62. The second-order valence-corrected chi connectivity index (χ2v) is 7.36. The fraction of sp³-hybridized carbons (Fsp3) is 0.316. The summed E-state index contributed by atoms with van der Waals surface area (Å²) in [4.78, 5) is 39.1. The lowest BCUT2D eigenvalue weighted by Crippen LogP contribution is -2.34. The highest BCUT2D eigenvalue weighted by Crippen LogP contribution is 2.34. The van der Waals surface area contributed by atoms with Crippen LogP contribution in [-0.2, 0) is 14.3 Å². The van der Waals surface area contributed by atoms with Crippen LogP contribution in [0.2, 0.25) is 0 Å². The minimum Gasteiger partial charge on any atom is -0.482 e. The molecule has 4 rings (SSSR count). The highest BCUT2D eigenvalue weighted by molar-refractivity contribution is 7.10. The molecule has 0 unspecified atom stereocenters. The van der Waals surface area contributed by atoms with Crippen LogP contribution >= 0.6 is 11.3 Å². The van der Waals surface area contributed by atoms with Crippen molar-refractivity contribution >= 4 is 34.8 Å². The number of hydrogen-bond acceptors (Lipinski definition) is 6. The van der Waals surface area contributed by atoms with E-state index in [1.165, 1.54) is 12.1 Å². The first kappa shape index (κ1) is 17.5. The molecule has 0 bridgehead atoms. The molecule has 2 aliphatic heterocycles. The first-order chi connectivity index (χ1) is 13.1. The maximum atomic E-state index is 12.5. The first-order valence-corrected chi connectivity index (χ1v) is 9.56. The maximum absolute atomic E-state index is 12.5. The van der Waals surface area contributed by atoms with Crippen molar-refractivity contribution in [1.82, 2.24) is 4.90 Å². The van der Waals surface area contributed by atoms with Crippen LogP contribution in [0, 0.1) is 0 Å². The van der Waals surface area contributed by atoms with E-state index in [0.29, 0.717) is 18.0 Å². The Hall–Kier alpha value is -2.87. The number of nitrogens with one attached hydrogen (secondary N) is 1. The lowest BCUT2D eigenvalue weighted by molar-refractivity contribution is -0.135. The summed E-state index contributed by atoms with van der Waals surface area (Å²) in [6, 6.07) is 8.69. The van der Waals surface area contributed by atoms with Gasteiger partial charge in [0.15, 0.2) is 13.2 Å². The molecule has 140 valence electrons. The van der Waals surface area contributed by atoms with Crippen molar-refractivity contribution in [2.75, 3.05) is 25.1 Å². The Morgan fingerprint density at radius 3 is 3.04 bits per heavy atom. The Kier molecular flexibility index (Phi) is 4.81. The van der Waals surface area contributed by atoms with Crippen molar-refractivity contribution in [3.63, 3.8) is 0 Å². The number of esters is 1. The van der Waals surface area contributed by atoms with Crippen LogP contribution in [0.3, 0.4) is 0 Å². The number of nitrogens with zero attached hydrogens (tertiary/aromatic N) is 1. The van der Waals surface area contributed by atoms with E-state index in [9.17, 15) is 14.4 Å². The number of carbonyl (C=O) groups excluding carboxylic acids is 3. The van der Waals surface area contributed by atoms with Crippen molar-refractivity contribution < 1.29 is 23.9 Å². The number of rotatable bonds is 4. The molecule has 1 saturated heterocycles. The van der Waals surface area contributed by atoms with Gasteiger partial charge in [0.05, 0.1) is 17.3 Å². The summed E-state index contributed by atoms with van der Waals surface area (Å²) < 4.78 is 10.5. The summed E-state index contributed by atoms with van der Waals surface area (Å²) in [5.41, 5.74) is 0.781. The van der Waals surface area contributed by atoms with Crippen LogP contribution in [-0.4, -0.2) is 42.4 Å². The van der Waals surface area contributed by atoms with Crippen LogP contribution in [0.25, 0.3) is 0 Å². The molecule has 2 amide bonds. The molecule has 2 aliphatic rings. The molecule has 1 atom stereocenters. The summed E-state index contributed by atoms with van der Waals surface area (Å²) in [7, 11) is 0. The lowest BCUT2D eigenvalue weighted by atomic mass is 10.1. The number of carbonyl (C=O) groups is 3. The van der Waals surface area contributed by atoms with Gasteiger partial charge < -0.3 is 19.7 Å². The number of fused-ring (bicyclic) bond motifs is 1. The minimum absolute atomic E-state index is 0.0666. The Labute approximate surface area is 159 Å². The number of anilines is 1. The van der Waals surface area contributed by atoms with E-state index in [2.05, 4.69) is 5.32 Å². The largest absolute Gasteiger partial charge is 0.482 e. The summed E-state index contributed by atoms with van der Waals surface area (Å²) in [6.45, 7) is 0.282. The van der Waals surface area contributed by atoms with Crippen LogP contribution in [0.15, 0.2) is 35.7 Å². The second kappa shape index (κ2) is 7.40. The zero-order chi connectivity index (χ0) is 18.8. The molecule has 2 aromatic rings. The molecule has 0 radical (unpaired) electrons. The standard InChI is InChI=1S/C19H18N2O5S/c22-17-10-25-15-9-12(5-6-13(15)20-17)19(24)26-11-18(23)21-7-1-3-14(21)16-4-2-8-27-16/h2,4-6,8-9,14H,1,3,7,10-11H2,(H,20,22)/t14-/m0/s1. The van der Waals surface area contributed by atoms with Gasteiger partial charge in [0.25, 0.3) is 11.8 Å². The topological polar surface area (TPSA) is 84.9 Å². The van der Waals surface area contributed by atoms with Gasteiger partial charge in [0.2, 0.25) is 0 Å². The van der Waals surface area contributed by atoms with Crippen molar-refractivity contribution in [2.24, 2.45) is 0 Å². The monoisotopic (exact) mass is 386 g/mol. The SMILES string of the molecule is O=C1COc2cc(C(=O)OCC(=O)N3CCC[C@H]3c3cccs3)ccc2N1. The normalized spacial score (nSPS) is 18.4. The highest BCUT2D eigenvalue weighted by Gasteiger charge is 2.31. The van der Waals surface area contributed by atoms with E-state index in [-0.39, 0.29) is 36.6 Å². The van der Waals surface area contributed by atoms with Crippen molar-refractivity contribution in [1.29, 1.82) is 0 Å². The summed E-state index contributed by atoms with van der Waals surface area (Å²) in [5, 5.41) is 4.65. The van der Waals surface area contributed by atoms with Crippen LogP contribution in [0.4, 0.5) is 5.69 Å². The van der Waals surface area contributed by atoms with E-state index in [4.69, 9.17) is 9.47 Å². The van der Waals surface area contributed by atoms with E-state index in [0.717, 1.165) is 17.7 Å². The zero-order valence-electron chi connectivity index (χ0n) is 14.5. The predicted molar refractivity (Wildman–Crippen MR) is 98.9 cm³/mol. The molecule has 1 N–H and O–H groups in total. The molecule has 8 heteroatoms. The average molecular weight is 386 g/mol. The number of likely N-dealkylation sites (tertiary alicyclic amines) is 1. The molecule has 0 saturated carbocycles. The number of hydrogen-bond donors (Lipinski definition) is 1. The smallest absolute Gasteiger partial charge is 0.338 e. The van der Waals surface area contributed by atoms with Crippen molar-refractivity contribution in [2.45, 2.75) is 18.9 Å². The highest BCUT2D eigenvalue weighted by atomic mass is 32.1. The van der Waals surface area contributed by atoms with Gasteiger partial charge in [-0.15, -0.1) is 11.3 Å². The van der Waals surface area contributed by atoms with Crippen molar-refractivity contribution in [3.05, 3.63) is 46.2 Å². The van der Waals surface area contributed by atoms with E-state index in [1.807, 2.05) is 17.5 Å².